The number of likely N-dealkylation sites (N-methyl/N-ethyl adjacent to an activating group) is 1. The van der Waals surface area contributed by atoms with E-state index in [-0.39, 0.29) is 6.04 Å². The number of nitrogens with zero attached hydrogens (tertiary/aromatic N) is 7. The smallest absolute Gasteiger partial charge is 0.375 e. The molecule has 1 saturated carbocycles. The minimum atomic E-state index is -4.43. The maximum Gasteiger partial charge on any atom is 0.430 e. The minimum absolute atomic E-state index is 0.0860. The summed E-state index contributed by atoms with van der Waals surface area (Å²) < 4.78 is 39.8. The number of hydrogen-bond donors (Lipinski definition) is 2. The van der Waals surface area contributed by atoms with E-state index in [0.29, 0.717) is 37.0 Å². The van der Waals surface area contributed by atoms with Crippen LogP contribution < -0.4 is 11.1 Å². The van der Waals surface area contributed by atoms with Crippen LogP contribution in [0.5, 0.6) is 0 Å². The highest BCUT2D eigenvalue weighted by Gasteiger charge is 2.50. The van der Waals surface area contributed by atoms with Crippen LogP contribution in [0.1, 0.15) is 125 Å². The maximum absolute atomic E-state index is 13.3. The number of rotatable bonds is 9. The Morgan fingerprint density at radius 1 is 0.982 bits per heavy atom. The van der Waals surface area contributed by atoms with Gasteiger partial charge < -0.3 is 25.8 Å². The Morgan fingerprint density at radius 3 is 2.07 bits per heavy atom. The lowest BCUT2D eigenvalue weighted by atomic mass is 10.1. The Kier molecular flexibility index (Phi) is 23.4. The van der Waals surface area contributed by atoms with E-state index in [1.807, 2.05) is 96.0 Å². The minimum Gasteiger partial charge on any atom is -0.375 e. The zero-order chi connectivity index (χ0) is 43.3. The van der Waals surface area contributed by atoms with E-state index in [9.17, 15) is 13.2 Å². The Bertz CT molecular complexity index is 1520. The van der Waals surface area contributed by atoms with E-state index in [2.05, 4.69) is 59.8 Å². The summed E-state index contributed by atoms with van der Waals surface area (Å²) >= 11 is 0. The van der Waals surface area contributed by atoms with E-state index < -0.39 is 17.9 Å². The van der Waals surface area contributed by atoms with Crippen LogP contribution in [-0.4, -0.2) is 103 Å². The molecule has 2 heterocycles. The van der Waals surface area contributed by atoms with Gasteiger partial charge in [0.15, 0.2) is 5.96 Å². The highest BCUT2D eigenvalue weighted by molar-refractivity contribution is 5.94. The summed E-state index contributed by atoms with van der Waals surface area (Å²) in [7, 11) is 5.88. The molecule has 0 spiro atoms. The molecule has 0 amide bonds. The Morgan fingerprint density at radius 2 is 1.56 bits per heavy atom. The molecule has 3 N–H and O–H groups in total. The highest BCUT2D eigenvalue weighted by Crippen LogP contribution is 2.50. The van der Waals surface area contributed by atoms with Crippen LogP contribution in [0.2, 0.25) is 0 Å². The first-order valence-corrected chi connectivity index (χ1v) is 21.3. The predicted molar refractivity (Wildman–Crippen MR) is 237 cm³/mol. The summed E-state index contributed by atoms with van der Waals surface area (Å²) in [4.78, 5) is 22.8. The van der Waals surface area contributed by atoms with E-state index in [0.717, 1.165) is 48.5 Å². The van der Waals surface area contributed by atoms with Crippen molar-refractivity contribution in [1.29, 1.82) is 0 Å². The van der Waals surface area contributed by atoms with Crippen molar-refractivity contribution in [3.05, 3.63) is 58.4 Å². The fourth-order valence-electron chi connectivity index (χ4n) is 6.21. The van der Waals surface area contributed by atoms with Gasteiger partial charge in [-0.25, -0.2) is 9.98 Å². The van der Waals surface area contributed by atoms with Crippen molar-refractivity contribution in [1.82, 2.24) is 24.9 Å². The summed E-state index contributed by atoms with van der Waals surface area (Å²) in [6, 6.07) is 7.25. The molecule has 1 saturated heterocycles. The molecule has 5 rings (SSSR count). The van der Waals surface area contributed by atoms with Gasteiger partial charge in [0.05, 0.1) is 31.2 Å². The summed E-state index contributed by atoms with van der Waals surface area (Å²) in [6.07, 6.45) is 4.68. The summed E-state index contributed by atoms with van der Waals surface area (Å²) in [6.45, 7) is 25.3. The molecule has 12 heteroatoms. The first-order valence-electron chi connectivity index (χ1n) is 21.3. The lowest BCUT2D eigenvalue weighted by molar-refractivity contribution is -0.0978. The Labute approximate surface area is 344 Å². The molecule has 2 fully saturated rings. The third-order valence-corrected chi connectivity index (χ3v) is 9.12. The first kappa shape index (κ1) is 51.0. The molecule has 2 aliphatic carbocycles. The lowest BCUT2D eigenvalue weighted by Crippen LogP contribution is -2.39. The third-order valence-electron chi connectivity index (χ3n) is 9.12. The van der Waals surface area contributed by atoms with Crippen LogP contribution in [0.15, 0.2) is 62.3 Å². The fraction of sp³-hybridized carbons (Fsp3) is 0.667. The van der Waals surface area contributed by atoms with Gasteiger partial charge in [0, 0.05) is 39.3 Å². The van der Waals surface area contributed by atoms with Crippen LogP contribution in [0.4, 0.5) is 13.2 Å². The molecule has 4 aliphatic rings. The van der Waals surface area contributed by atoms with Crippen LogP contribution in [-0.2, 0) is 6.54 Å². The largest absolute Gasteiger partial charge is 0.430 e. The number of nitrogens with two attached hydrogens (primary N) is 1. The predicted octanol–water partition coefficient (Wildman–Crippen LogP) is 9.46. The van der Waals surface area contributed by atoms with Crippen LogP contribution in [0.25, 0.3) is 0 Å². The second-order valence-corrected chi connectivity index (χ2v) is 14.8. The van der Waals surface area contributed by atoms with Crippen molar-refractivity contribution < 1.29 is 13.2 Å². The number of piperidine rings is 1. The summed E-state index contributed by atoms with van der Waals surface area (Å²) in [5, 5.41) is 2.58. The average molecular weight is 800 g/mol. The molecule has 322 valence electrons. The second kappa shape index (κ2) is 26.1. The van der Waals surface area contributed by atoms with Crippen molar-refractivity contribution >= 4 is 18.3 Å². The molecule has 0 aromatic heterocycles. The number of benzene rings is 1. The van der Waals surface area contributed by atoms with Crippen molar-refractivity contribution in [2.75, 3.05) is 47.3 Å². The number of alkyl halides is 3. The highest BCUT2D eigenvalue weighted by atomic mass is 19.4. The number of hydrogen-bond acceptors (Lipinski definition) is 5. The van der Waals surface area contributed by atoms with E-state index in [1.165, 1.54) is 44.6 Å². The molecule has 3 unspecified atom stereocenters. The van der Waals surface area contributed by atoms with E-state index >= 15 is 0 Å². The number of aliphatic imine (C=N–C) groups is 3. The fourth-order valence-corrected chi connectivity index (χ4v) is 6.21. The lowest BCUT2D eigenvalue weighted by Gasteiger charge is -2.25. The first-order chi connectivity index (χ1) is 27.2. The quantitative estimate of drug-likeness (QED) is 0.147. The molecule has 1 aromatic carbocycles. The van der Waals surface area contributed by atoms with E-state index in [4.69, 9.17) is 15.7 Å². The maximum atomic E-state index is 13.3. The number of likely N-dealkylation sites (tertiary alicyclic amines) is 1. The van der Waals surface area contributed by atoms with Gasteiger partial charge in [0.25, 0.3) is 0 Å². The van der Waals surface area contributed by atoms with Crippen LogP contribution in [0.3, 0.4) is 0 Å². The number of nitrogens with one attached hydrogen (secondary N) is 1. The molecule has 1 aromatic rings. The number of halogens is 3. The normalized spacial score (nSPS) is 19.8. The van der Waals surface area contributed by atoms with Crippen molar-refractivity contribution in [2.45, 2.75) is 139 Å². The van der Waals surface area contributed by atoms with Crippen molar-refractivity contribution in [3.63, 3.8) is 0 Å². The van der Waals surface area contributed by atoms with Crippen molar-refractivity contribution in [3.8, 4) is 11.8 Å². The van der Waals surface area contributed by atoms with Gasteiger partial charge in [-0.3, -0.25) is 4.90 Å². The number of guanidine groups is 2. The molecule has 9 nitrogen and oxygen atoms in total. The van der Waals surface area contributed by atoms with Crippen molar-refractivity contribution in [2.24, 2.45) is 32.5 Å². The standard InChI is InChI=1S/C35H48F3N9.C4H10.3C2H6/c1-6-28(35(36,37)38)41-24(2)26-14-12-25(13-15-26)22-47(21-11-10-20-46-18-8-7-9-19-46)33(39)43-34(44(3)4)42-31-29-30(31)40-23-45(5)32(29)27-16-17-27;1-4(2)3;3*1-2/h6,12-15,23-24,27,31-32,41H,7-9,16-22H2,1-5H3,(H2,39,42,43);4H,1-3H3;3*1-2H3/b28-6-;;;;. The van der Waals surface area contributed by atoms with Gasteiger partial charge in [-0.15, -0.1) is 0 Å². The zero-order valence-electron chi connectivity index (χ0n) is 37.8. The molecule has 3 atom stereocenters. The topological polar surface area (TPSA) is 88.1 Å². The molecular weight excluding hydrogens is 724 g/mol. The monoisotopic (exact) mass is 800 g/mol. The molecular formula is C45H76F3N9. The van der Waals surface area contributed by atoms with Gasteiger partial charge >= 0.3 is 6.18 Å². The molecule has 57 heavy (non-hydrogen) atoms. The van der Waals surface area contributed by atoms with Gasteiger partial charge in [-0.05, 0) is 75.6 Å². The van der Waals surface area contributed by atoms with Gasteiger partial charge in [-0.2, -0.15) is 18.2 Å². The van der Waals surface area contributed by atoms with Gasteiger partial charge in [0.2, 0.25) is 5.96 Å². The van der Waals surface area contributed by atoms with E-state index in [1.54, 1.807) is 6.92 Å². The van der Waals surface area contributed by atoms with Crippen LogP contribution in [0, 0.1) is 23.7 Å². The molecule has 0 bridgehead atoms. The Balaban J connectivity index is 0.00000149. The third kappa shape index (κ3) is 17.2. The van der Waals surface area contributed by atoms with Crippen LogP contribution >= 0.6 is 0 Å². The van der Waals surface area contributed by atoms with Gasteiger partial charge in [0.1, 0.15) is 11.7 Å². The zero-order valence-corrected chi connectivity index (χ0v) is 37.8. The molecule has 0 radical (unpaired) electrons. The SMILES string of the molecule is C/C=C(\NC(C)c1ccc(CN(CC#CCN2CCCCC2)/C(N)=N/C(=NC2C3=C2C(C2CC2)N(C)C=N3)N(C)C)cc1)C(F)(F)F.CC.CC.CC.CC(C)C. The number of allylic oxidation sites excluding steroid dienone is 2. The van der Waals surface area contributed by atoms with Gasteiger partial charge in [-0.1, -0.05) is 111 Å². The summed E-state index contributed by atoms with van der Waals surface area (Å²) in [5.41, 5.74) is 9.93. The average Bonchev–Trinajstić information content (AvgIpc) is 4.14. The Hall–Kier alpha value is -3.98. The summed E-state index contributed by atoms with van der Waals surface area (Å²) in [5.74, 6) is 8.91. The second-order valence-electron chi connectivity index (χ2n) is 14.8. The molecule has 2 aliphatic heterocycles.